The maximum atomic E-state index is 12.9. The molecule has 3 rings (SSSR count). The fourth-order valence-electron chi connectivity index (χ4n) is 3.37. The molecule has 1 fully saturated rings. The van der Waals surface area contributed by atoms with Crippen LogP contribution in [0.4, 0.5) is 0 Å². The number of nitrogens with one attached hydrogen (secondary N) is 1. The number of likely N-dealkylation sites (N-methyl/N-ethyl adjacent to an activating group) is 1. The van der Waals surface area contributed by atoms with Crippen LogP contribution >= 0.6 is 11.6 Å². The van der Waals surface area contributed by atoms with Crippen LogP contribution in [0.5, 0.6) is 0 Å². The van der Waals surface area contributed by atoms with E-state index in [4.69, 9.17) is 11.6 Å². The van der Waals surface area contributed by atoms with Crippen LogP contribution in [0.15, 0.2) is 36.5 Å². The number of amides is 1. The van der Waals surface area contributed by atoms with Crippen molar-refractivity contribution in [2.24, 2.45) is 0 Å². The van der Waals surface area contributed by atoms with Crippen molar-refractivity contribution in [3.63, 3.8) is 0 Å². The number of hydrogen-bond donors (Lipinski definition) is 1. The number of nitrogens with zero attached hydrogens (tertiary/aromatic N) is 3. The molecule has 1 aromatic carbocycles. The summed E-state index contributed by atoms with van der Waals surface area (Å²) >= 11 is 6.30. The van der Waals surface area contributed by atoms with Gasteiger partial charge in [0, 0.05) is 30.4 Å². The Morgan fingerprint density at radius 2 is 2.25 bits per heavy atom. The Morgan fingerprint density at radius 1 is 1.42 bits per heavy atom. The van der Waals surface area contributed by atoms with Gasteiger partial charge in [0.15, 0.2) is 0 Å². The number of aromatic nitrogens is 2. The lowest BCUT2D eigenvalue weighted by atomic mass is 10.1. The number of hydrogen-bond acceptors (Lipinski definition) is 3. The number of carbonyl (C=O) groups excluding carboxylic acids is 1. The van der Waals surface area contributed by atoms with Gasteiger partial charge < -0.3 is 4.90 Å². The van der Waals surface area contributed by atoms with Crippen molar-refractivity contribution in [2.45, 2.75) is 32.4 Å². The van der Waals surface area contributed by atoms with E-state index in [9.17, 15) is 4.79 Å². The molecule has 0 radical (unpaired) electrons. The van der Waals surface area contributed by atoms with E-state index >= 15 is 0 Å². The van der Waals surface area contributed by atoms with Gasteiger partial charge in [-0.25, -0.2) is 0 Å². The van der Waals surface area contributed by atoms with Crippen LogP contribution < -0.4 is 0 Å². The van der Waals surface area contributed by atoms with E-state index in [1.54, 1.807) is 12.3 Å². The van der Waals surface area contributed by atoms with Gasteiger partial charge in [-0.15, -0.1) is 0 Å². The van der Waals surface area contributed by atoms with Crippen LogP contribution in [0.3, 0.4) is 0 Å². The Balaban J connectivity index is 1.80. The van der Waals surface area contributed by atoms with Crippen molar-refractivity contribution >= 4 is 17.5 Å². The maximum absolute atomic E-state index is 12.9. The molecule has 0 saturated carbocycles. The molecule has 128 valence electrons. The summed E-state index contributed by atoms with van der Waals surface area (Å²) in [5.74, 6) is -0.0321. The lowest BCUT2D eigenvalue weighted by molar-refractivity contribution is 0.0686. The number of halogens is 1. The highest BCUT2D eigenvalue weighted by Crippen LogP contribution is 2.22. The van der Waals surface area contributed by atoms with Crippen molar-refractivity contribution in [1.82, 2.24) is 20.0 Å². The molecule has 2 heterocycles. The summed E-state index contributed by atoms with van der Waals surface area (Å²) in [7, 11) is 0. The van der Waals surface area contributed by atoms with Crippen LogP contribution in [0.1, 0.15) is 35.8 Å². The van der Waals surface area contributed by atoms with E-state index in [0.29, 0.717) is 29.8 Å². The lowest BCUT2D eigenvalue weighted by Crippen LogP contribution is -2.42. The van der Waals surface area contributed by atoms with Crippen molar-refractivity contribution in [1.29, 1.82) is 0 Å². The Labute approximate surface area is 147 Å². The molecule has 0 bridgehead atoms. The van der Waals surface area contributed by atoms with Gasteiger partial charge in [-0.1, -0.05) is 36.7 Å². The molecule has 0 spiro atoms. The normalized spacial score (nSPS) is 18.0. The number of likely N-dealkylation sites (tertiary alicyclic amines) is 1. The van der Waals surface area contributed by atoms with Crippen LogP contribution in [-0.2, 0) is 6.54 Å². The summed E-state index contributed by atoms with van der Waals surface area (Å²) in [5.41, 5.74) is 1.48. The minimum absolute atomic E-state index is 0.0321. The largest absolute Gasteiger partial charge is 0.331 e. The second-order valence-electron chi connectivity index (χ2n) is 6.17. The van der Waals surface area contributed by atoms with E-state index in [0.717, 1.165) is 25.1 Å². The Hall–Kier alpha value is -1.85. The minimum atomic E-state index is -0.0321. The van der Waals surface area contributed by atoms with E-state index < -0.39 is 0 Å². The number of H-pyrrole nitrogens is 1. The minimum Gasteiger partial charge on any atom is -0.331 e. The molecule has 1 aromatic heterocycles. The van der Waals surface area contributed by atoms with E-state index in [1.165, 1.54) is 6.42 Å². The molecule has 1 aliphatic heterocycles. The number of benzene rings is 1. The fourth-order valence-corrected chi connectivity index (χ4v) is 3.56. The quantitative estimate of drug-likeness (QED) is 0.874. The number of rotatable bonds is 6. The van der Waals surface area contributed by atoms with Gasteiger partial charge in [0.05, 0.1) is 0 Å². The number of carbonyl (C=O) groups is 1. The number of aromatic amines is 1. The van der Waals surface area contributed by atoms with Gasteiger partial charge in [0.1, 0.15) is 5.69 Å². The van der Waals surface area contributed by atoms with Gasteiger partial charge in [0.25, 0.3) is 5.91 Å². The van der Waals surface area contributed by atoms with E-state index in [1.807, 2.05) is 29.2 Å². The van der Waals surface area contributed by atoms with Gasteiger partial charge in [-0.05, 0) is 43.6 Å². The molecule has 6 heteroatoms. The van der Waals surface area contributed by atoms with Crippen molar-refractivity contribution < 1.29 is 4.79 Å². The lowest BCUT2D eigenvalue weighted by Gasteiger charge is -2.30. The predicted molar refractivity (Wildman–Crippen MR) is 95.0 cm³/mol. The van der Waals surface area contributed by atoms with Gasteiger partial charge in [0.2, 0.25) is 0 Å². The third-order valence-corrected chi connectivity index (χ3v) is 5.04. The molecule has 1 amide bonds. The zero-order valence-electron chi connectivity index (χ0n) is 13.9. The van der Waals surface area contributed by atoms with Gasteiger partial charge in [-0.2, -0.15) is 5.10 Å². The smallest absolute Gasteiger partial charge is 0.272 e. The second-order valence-corrected chi connectivity index (χ2v) is 6.58. The zero-order valence-corrected chi connectivity index (χ0v) is 14.7. The summed E-state index contributed by atoms with van der Waals surface area (Å²) in [4.78, 5) is 17.2. The monoisotopic (exact) mass is 346 g/mol. The fraction of sp³-hybridized carbons (Fsp3) is 0.444. The molecular weight excluding hydrogens is 324 g/mol. The first-order chi connectivity index (χ1) is 11.7. The first-order valence-electron chi connectivity index (χ1n) is 8.45. The summed E-state index contributed by atoms with van der Waals surface area (Å²) in [5, 5.41) is 7.38. The first-order valence-corrected chi connectivity index (χ1v) is 8.83. The molecule has 24 heavy (non-hydrogen) atoms. The highest BCUT2D eigenvalue weighted by molar-refractivity contribution is 6.31. The highest BCUT2D eigenvalue weighted by atomic mass is 35.5. The predicted octanol–water partition coefficient (Wildman–Crippen LogP) is 3.19. The summed E-state index contributed by atoms with van der Waals surface area (Å²) in [6.45, 7) is 5.51. The zero-order chi connectivity index (χ0) is 16.9. The second kappa shape index (κ2) is 7.81. The first kappa shape index (κ1) is 17.0. The topological polar surface area (TPSA) is 52.2 Å². The van der Waals surface area contributed by atoms with Crippen molar-refractivity contribution in [2.75, 3.05) is 19.6 Å². The summed E-state index contributed by atoms with van der Waals surface area (Å²) in [6.07, 6.45) is 3.93. The summed E-state index contributed by atoms with van der Waals surface area (Å²) in [6, 6.07) is 9.82. The van der Waals surface area contributed by atoms with E-state index in [-0.39, 0.29) is 5.91 Å². The van der Waals surface area contributed by atoms with Crippen LogP contribution in [0.2, 0.25) is 5.02 Å². The molecule has 5 nitrogen and oxygen atoms in total. The third kappa shape index (κ3) is 3.79. The van der Waals surface area contributed by atoms with Crippen LogP contribution in [0.25, 0.3) is 0 Å². The summed E-state index contributed by atoms with van der Waals surface area (Å²) < 4.78 is 0. The van der Waals surface area contributed by atoms with Crippen molar-refractivity contribution in [3.05, 3.63) is 52.8 Å². The SMILES string of the molecule is CCN1CCCC1CN(Cc1ccccc1Cl)C(=O)c1ccn[nH]1. The van der Waals surface area contributed by atoms with Crippen LogP contribution in [0, 0.1) is 0 Å². The maximum Gasteiger partial charge on any atom is 0.272 e. The van der Waals surface area contributed by atoms with E-state index in [2.05, 4.69) is 22.0 Å². The van der Waals surface area contributed by atoms with Crippen molar-refractivity contribution in [3.8, 4) is 0 Å². The molecule has 1 N–H and O–H groups in total. The molecule has 1 atom stereocenters. The molecule has 1 saturated heterocycles. The average molecular weight is 347 g/mol. The molecule has 1 unspecified atom stereocenters. The molecule has 0 aliphatic carbocycles. The Kier molecular flexibility index (Phi) is 5.53. The Bertz CT molecular complexity index is 673. The molecular formula is C18H23ClN4O. The third-order valence-electron chi connectivity index (χ3n) is 4.67. The molecule has 1 aliphatic rings. The van der Waals surface area contributed by atoms with Gasteiger partial charge >= 0.3 is 0 Å². The highest BCUT2D eigenvalue weighted by Gasteiger charge is 2.28. The average Bonchev–Trinajstić information content (AvgIpc) is 3.26. The van der Waals surface area contributed by atoms with Crippen LogP contribution in [-0.4, -0.2) is 51.6 Å². The standard InChI is InChI=1S/C18H23ClN4O/c1-2-22-11-5-7-15(22)13-23(18(24)17-9-10-20-21-17)12-14-6-3-4-8-16(14)19/h3-4,6,8-10,15H,2,5,7,11-13H2,1H3,(H,20,21). The van der Waals surface area contributed by atoms with Gasteiger partial charge in [-0.3, -0.25) is 14.8 Å². The Morgan fingerprint density at radius 3 is 2.96 bits per heavy atom. The molecule has 2 aromatic rings.